The molecule has 0 radical (unpaired) electrons. The molecular formula is C18H20ClF3N2O2. The van der Waals surface area contributed by atoms with Crippen LogP contribution < -0.4 is 5.73 Å². The van der Waals surface area contributed by atoms with E-state index >= 15 is 0 Å². The number of halogens is 4. The van der Waals surface area contributed by atoms with Crippen molar-refractivity contribution < 1.29 is 22.4 Å². The van der Waals surface area contributed by atoms with Crippen molar-refractivity contribution in [2.75, 3.05) is 6.54 Å². The van der Waals surface area contributed by atoms with Gasteiger partial charge in [-0.05, 0) is 31.0 Å². The predicted molar refractivity (Wildman–Crippen MR) is 93.6 cm³/mol. The van der Waals surface area contributed by atoms with Crippen LogP contribution in [0.15, 0.2) is 40.8 Å². The Labute approximate surface area is 155 Å². The molecule has 1 aromatic carbocycles. The number of rotatable bonds is 6. The van der Waals surface area contributed by atoms with Crippen molar-refractivity contribution in [1.29, 1.82) is 0 Å². The molecule has 2 aromatic rings. The Bertz CT molecular complexity index is 757. The molecule has 0 bridgehead atoms. The summed E-state index contributed by atoms with van der Waals surface area (Å²) in [6.45, 7) is 0.516. The van der Waals surface area contributed by atoms with E-state index in [1.807, 2.05) is 0 Å². The second kappa shape index (κ2) is 8.14. The smallest absolute Gasteiger partial charge is 0.417 e. The Morgan fingerprint density at radius 1 is 1.19 bits per heavy atom. The summed E-state index contributed by atoms with van der Waals surface area (Å²) in [6.07, 6.45) is -2.34. The van der Waals surface area contributed by atoms with Gasteiger partial charge in [0.15, 0.2) is 0 Å². The molecule has 142 valence electrons. The third-order valence-corrected chi connectivity index (χ3v) is 4.15. The molecule has 1 fully saturated rings. The second-order valence-corrected chi connectivity index (χ2v) is 6.10. The van der Waals surface area contributed by atoms with E-state index in [1.54, 1.807) is 11.0 Å². The van der Waals surface area contributed by atoms with Gasteiger partial charge < -0.3 is 15.1 Å². The van der Waals surface area contributed by atoms with Crippen molar-refractivity contribution in [2.45, 2.75) is 38.0 Å². The molecule has 0 aliphatic heterocycles. The van der Waals surface area contributed by atoms with Crippen LogP contribution in [0.4, 0.5) is 13.2 Å². The third kappa shape index (κ3) is 4.59. The zero-order chi connectivity index (χ0) is 18.0. The zero-order valence-electron chi connectivity index (χ0n) is 14.0. The van der Waals surface area contributed by atoms with Crippen LogP contribution in [0, 0.1) is 0 Å². The summed E-state index contributed by atoms with van der Waals surface area (Å²) in [5, 5.41) is 0. The minimum atomic E-state index is -4.46. The van der Waals surface area contributed by atoms with Crippen LogP contribution in [0.5, 0.6) is 0 Å². The number of carbonyl (C=O) groups excluding carboxylic acids is 1. The molecule has 26 heavy (non-hydrogen) atoms. The normalized spacial score (nSPS) is 14.0. The van der Waals surface area contributed by atoms with Crippen molar-refractivity contribution >= 4 is 18.3 Å². The SMILES string of the molecule is Cl.NCCC(=O)N(Cc1ccc(-c2ccccc2C(F)(F)F)o1)C1CC1. The van der Waals surface area contributed by atoms with Crippen LogP contribution in [0.25, 0.3) is 11.3 Å². The number of hydrogen-bond donors (Lipinski definition) is 1. The molecule has 0 atom stereocenters. The molecule has 0 spiro atoms. The fourth-order valence-corrected chi connectivity index (χ4v) is 2.79. The summed E-state index contributed by atoms with van der Waals surface area (Å²) in [4.78, 5) is 13.8. The average molecular weight is 389 g/mol. The van der Waals surface area contributed by atoms with Gasteiger partial charge in [0.1, 0.15) is 11.5 Å². The van der Waals surface area contributed by atoms with E-state index in [0.29, 0.717) is 5.76 Å². The number of furan rings is 1. The van der Waals surface area contributed by atoms with Gasteiger partial charge in [-0.1, -0.05) is 18.2 Å². The predicted octanol–water partition coefficient (Wildman–Crippen LogP) is 4.23. The molecule has 0 unspecified atom stereocenters. The second-order valence-electron chi connectivity index (χ2n) is 6.10. The van der Waals surface area contributed by atoms with Crippen LogP contribution in [-0.2, 0) is 17.5 Å². The monoisotopic (exact) mass is 388 g/mol. The number of benzene rings is 1. The van der Waals surface area contributed by atoms with Gasteiger partial charge in [-0.2, -0.15) is 13.2 Å². The molecule has 1 heterocycles. The van der Waals surface area contributed by atoms with E-state index < -0.39 is 11.7 Å². The number of nitrogens with zero attached hydrogens (tertiary/aromatic N) is 1. The molecule has 1 amide bonds. The van der Waals surface area contributed by atoms with E-state index in [0.717, 1.165) is 18.9 Å². The Morgan fingerprint density at radius 3 is 2.50 bits per heavy atom. The molecule has 1 saturated carbocycles. The van der Waals surface area contributed by atoms with Gasteiger partial charge in [-0.15, -0.1) is 12.4 Å². The quantitative estimate of drug-likeness (QED) is 0.805. The lowest BCUT2D eigenvalue weighted by Gasteiger charge is -2.21. The van der Waals surface area contributed by atoms with Crippen molar-refractivity contribution in [3.63, 3.8) is 0 Å². The molecule has 8 heteroatoms. The molecular weight excluding hydrogens is 369 g/mol. The van der Waals surface area contributed by atoms with E-state index in [1.165, 1.54) is 24.3 Å². The molecule has 1 aliphatic carbocycles. The summed E-state index contributed by atoms with van der Waals surface area (Å²) >= 11 is 0. The van der Waals surface area contributed by atoms with Gasteiger partial charge in [0.2, 0.25) is 5.91 Å². The number of hydrogen-bond acceptors (Lipinski definition) is 3. The first kappa shape index (κ1) is 20.3. The molecule has 3 rings (SSSR count). The van der Waals surface area contributed by atoms with Gasteiger partial charge in [-0.3, -0.25) is 4.79 Å². The minimum Gasteiger partial charge on any atom is -0.459 e. The van der Waals surface area contributed by atoms with Gasteiger partial charge in [0, 0.05) is 24.6 Å². The third-order valence-electron chi connectivity index (χ3n) is 4.15. The summed E-state index contributed by atoms with van der Waals surface area (Å²) in [5.74, 6) is 0.549. The Balaban J connectivity index is 0.00000243. The maximum absolute atomic E-state index is 13.1. The molecule has 0 saturated heterocycles. The van der Waals surface area contributed by atoms with E-state index in [4.69, 9.17) is 10.2 Å². The number of nitrogens with two attached hydrogens (primary N) is 1. The highest BCUT2D eigenvalue weighted by Gasteiger charge is 2.35. The van der Waals surface area contributed by atoms with Gasteiger partial charge in [0.25, 0.3) is 0 Å². The van der Waals surface area contributed by atoms with Crippen LogP contribution in [0.3, 0.4) is 0 Å². The highest BCUT2D eigenvalue weighted by Crippen LogP contribution is 2.38. The van der Waals surface area contributed by atoms with Crippen molar-refractivity contribution in [3.05, 3.63) is 47.7 Å². The number of carbonyl (C=O) groups is 1. The summed E-state index contributed by atoms with van der Waals surface area (Å²) < 4.78 is 45.1. The van der Waals surface area contributed by atoms with E-state index in [2.05, 4.69) is 0 Å². The summed E-state index contributed by atoms with van der Waals surface area (Å²) in [6, 6.07) is 8.59. The minimum absolute atomic E-state index is 0. The first-order valence-corrected chi connectivity index (χ1v) is 8.15. The van der Waals surface area contributed by atoms with Crippen molar-refractivity contribution in [2.24, 2.45) is 5.73 Å². The van der Waals surface area contributed by atoms with Crippen LogP contribution >= 0.6 is 12.4 Å². The Kier molecular flexibility index (Phi) is 6.36. The first-order valence-electron chi connectivity index (χ1n) is 8.15. The topological polar surface area (TPSA) is 59.5 Å². The van der Waals surface area contributed by atoms with Gasteiger partial charge >= 0.3 is 6.18 Å². The molecule has 1 aliphatic rings. The lowest BCUT2D eigenvalue weighted by atomic mass is 10.1. The van der Waals surface area contributed by atoms with Gasteiger partial charge in [-0.25, -0.2) is 0 Å². The Hall–Kier alpha value is -1.99. The molecule has 4 nitrogen and oxygen atoms in total. The maximum Gasteiger partial charge on any atom is 0.417 e. The van der Waals surface area contributed by atoms with Gasteiger partial charge in [0.05, 0.1) is 12.1 Å². The number of alkyl halides is 3. The maximum atomic E-state index is 13.1. The van der Waals surface area contributed by atoms with Crippen LogP contribution in [0.1, 0.15) is 30.6 Å². The van der Waals surface area contributed by atoms with Crippen LogP contribution in [-0.4, -0.2) is 23.4 Å². The standard InChI is InChI=1S/C18H19F3N2O2.ClH/c19-18(20,21)15-4-2-1-3-14(15)16-8-7-13(25-16)11-23(12-5-6-12)17(24)9-10-22;/h1-4,7-8,12H,5-6,9-11,22H2;1H. The number of amides is 1. The molecule has 2 N–H and O–H groups in total. The fourth-order valence-electron chi connectivity index (χ4n) is 2.79. The lowest BCUT2D eigenvalue weighted by Crippen LogP contribution is -2.33. The van der Waals surface area contributed by atoms with Crippen LogP contribution in [0.2, 0.25) is 0 Å². The van der Waals surface area contributed by atoms with E-state index in [9.17, 15) is 18.0 Å². The van der Waals surface area contributed by atoms with E-state index in [-0.39, 0.29) is 55.2 Å². The Morgan fingerprint density at radius 2 is 1.88 bits per heavy atom. The highest BCUT2D eigenvalue weighted by atomic mass is 35.5. The molecule has 1 aromatic heterocycles. The fraction of sp³-hybridized carbons (Fsp3) is 0.389. The summed E-state index contributed by atoms with van der Waals surface area (Å²) in [5.41, 5.74) is 4.69. The van der Waals surface area contributed by atoms with Crippen molar-refractivity contribution in [1.82, 2.24) is 4.90 Å². The van der Waals surface area contributed by atoms with Crippen molar-refractivity contribution in [3.8, 4) is 11.3 Å². The average Bonchev–Trinajstić information content (AvgIpc) is 3.30. The lowest BCUT2D eigenvalue weighted by molar-refractivity contribution is -0.137. The largest absolute Gasteiger partial charge is 0.459 e. The first-order chi connectivity index (χ1) is 11.9. The summed E-state index contributed by atoms with van der Waals surface area (Å²) in [7, 11) is 0. The highest BCUT2D eigenvalue weighted by molar-refractivity contribution is 5.85. The zero-order valence-corrected chi connectivity index (χ0v) is 14.8.